The van der Waals surface area contributed by atoms with Crippen LogP contribution in [-0.4, -0.2) is 66.3 Å². The first-order valence-corrected chi connectivity index (χ1v) is 12.7. The lowest BCUT2D eigenvalue weighted by molar-refractivity contribution is -0.144. The van der Waals surface area contributed by atoms with E-state index in [1.54, 1.807) is 4.90 Å². The number of piperazine rings is 1. The maximum Gasteiger partial charge on any atom is 0.243 e. The lowest BCUT2D eigenvalue weighted by atomic mass is 9.92. The van der Waals surface area contributed by atoms with Gasteiger partial charge in [-0.1, -0.05) is 56.3 Å². The zero-order chi connectivity index (χ0) is 24.8. The molecule has 1 fully saturated rings. The van der Waals surface area contributed by atoms with Gasteiger partial charge in [-0.25, -0.2) is 0 Å². The maximum atomic E-state index is 13.2. The van der Waals surface area contributed by atoms with E-state index in [0.717, 1.165) is 30.6 Å². The lowest BCUT2D eigenvalue weighted by Crippen LogP contribution is -2.54. The van der Waals surface area contributed by atoms with E-state index in [1.807, 2.05) is 61.2 Å². The highest BCUT2D eigenvalue weighted by Gasteiger charge is 2.35. The van der Waals surface area contributed by atoms with Crippen molar-refractivity contribution in [1.82, 2.24) is 15.1 Å². The molecule has 3 amide bonds. The van der Waals surface area contributed by atoms with Gasteiger partial charge in [0.15, 0.2) is 0 Å². The summed E-state index contributed by atoms with van der Waals surface area (Å²) >= 11 is 0. The van der Waals surface area contributed by atoms with Gasteiger partial charge in [0.1, 0.15) is 6.04 Å². The fourth-order valence-corrected chi connectivity index (χ4v) is 4.87. The van der Waals surface area contributed by atoms with Crippen LogP contribution in [-0.2, 0) is 27.3 Å². The predicted octanol–water partition coefficient (Wildman–Crippen LogP) is 2.84. The van der Waals surface area contributed by atoms with Gasteiger partial charge in [0.05, 0.1) is 0 Å². The molecule has 2 aliphatic rings. The summed E-state index contributed by atoms with van der Waals surface area (Å²) in [6.45, 7) is 7.58. The number of carbonyl (C=O) groups excluding carboxylic acids is 3. The topological polar surface area (TPSA) is 73.0 Å². The SMILES string of the molecule is CC[C@@H](C)C(=O)N1Cc2ccccc2C[C@@H]1C(=O)NCCC(=O)N1CCN(c2ccccc2)CC1. The van der Waals surface area contributed by atoms with E-state index in [4.69, 9.17) is 0 Å². The molecule has 2 heterocycles. The number of nitrogens with zero attached hydrogens (tertiary/aromatic N) is 3. The predicted molar refractivity (Wildman–Crippen MR) is 137 cm³/mol. The molecule has 2 aromatic rings. The van der Waals surface area contributed by atoms with E-state index in [1.165, 1.54) is 5.69 Å². The van der Waals surface area contributed by atoms with Crippen molar-refractivity contribution in [3.05, 3.63) is 65.7 Å². The third-order valence-electron chi connectivity index (χ3n) is 7.26. The molecule has 0 radical (unpaired) electrons. The second kappa shape index (κ2) is 11.4. The number of para-hydroxylation sites is 1. The molecule has 0 aromatic heterocycles. The molecule has 2 aromatic carbocycles. The van der Waals surface area contributed by atoms with Crippen molar-refractivity contribution in [3.8, 4) is 0 Å². The molecule has 2 aliphatic heterocycles. The van der Waals surface area contributed by atoms with Gasteiger partial charge in [0.2, 0.25) is 17.7 Å². The molecule has 1 N–H and O–H groups in total. The van der Waals surface area contributed by atoms with Gasteiger partial charge < -0.3 is 20.0 Å². The molecular weight excluding hydrogens is 440 g/mol. The first-order chi connectivity index (χ1) is 17.0. The van der Waals surface area contributed by atoms with Crippen LogP contribution in [0.2, 0.25) is 0 Å². The van der Waals surface area contributed by atoms with Crippen LogP contribution < -0.4 is 10.2 Å². The zero-order valence-electron chi connectivity index (χ0n) is 20.8. The molecule has 0 bridgehead atoms. The number of rotatable bonds is 7. The Labute approximate surface area is 208 Å². The van der Waals surface area contributed by atoms with Crippen molar-refractivity contribution >= 4 is 23.4 Å². The minimum Gasteiger partial charge on any atom is -0.368 e. The summed E-state index contributed by atoms with van der Waals surface area (Å²) in [4.78, 5) is 44.8. The Kier molecular flexibility index (Phi) is 8.06. The van der Waals surface area contributed by atoms with Gasteiger partial charge >= 0.3 is 0 Å². The van der Waals surface area contributed by atoms with Gasteiger partial charge in [-0.15, -0.1) is 0 Å². The number of nitrogens with one attached hydrogen (secondary N) is 1. The Hall–Kier alpha value is -3.35. The van der Waals surface area contributed by atoms with Crippen LogP contribution >= 0.6 is 0 Å². The van der Waals surface area contributed by atoms with E-state index >= 15 is 0 Å². The van der Waals surface area contributed by atoms with E-state index in [0.29, 0.717) is 26.1 Å². The molecule has 2 atom stereocenters. The molecular formula is C28H36N4O3. The largest absolute Gasteiger partial charge is 0.368 e. The van der Waals surface area contributed by atoms with Crippen LogP contribution in [0.4, 0.5) is 5.69 Å². The van der Waals surface area contributed by atoms with Crippen LogP contribution in [0.25, 0.3) is 0 Å². The Bertz CT molecular complexity index is 1030. The van der Waals surface area contributed by atoms with E-state index < -0.39 is 6.04 Å². The molecule has 0 saturated carbocycles. The van der Waals surface area contributed by atoms with Crippen LogP contribution in [0, 0.1) is 5.92 Å². The van der Waals surface area contributed by atoms with Crippen molar-refractivity contribution in [2.45, 2.75) is 45.7 Å². The van der Waals surface area contributed by atoms with Gasteiger partial charge in [-0.3, -0.25) is 14.4 Å². The Morgan fingerprint density at radius 2 is 1.60 bits per heavy atom. The number of anilines is 1. The number of fused-ring (bicyclic) bond motifs is 1. The van der Waals surface area contributed by atoms with Gasteiger partial charge in [0, 0.05) is 63.7 Å². The third kappa shape index (κ3) is 5.84. The van der Waals surface area contributed by atoms with Crippen LogP contribution in [0.5, 0.6) is 0 Å². The number of amides is 3. The van der Waals surface area contributed by atoms with Crippen molar-refractivity contribution in [1.29, 1.82) is 0 Å². The van der Waals surface area contributed by atoms with Crippen LogP contribution in [0.1, 0.15) is 37.8 Å². The third-order valence-corrected chi connectivity index (χ3v) is 7.26. The minimum absolute atomic E-state index is 0.00881. The summed E-state index contributed by atoms with van der Waals surface area (Å²) in [5.74, 6) is -0.251. The number of carbonyl (C=O) groups is 3. The van der Waals surface area contributed by atoms with E-state index in [2.05, 4.69) is 22.3 Å². The van der Waals surface area contributed by atoms with Crippen molar-refractivity contribution in [2.75, 3.05) is 37.6 Å². The second-order valence-corrected chi connectivity index (χ2v) is 9.51. The molecule has 0 unspecified atom stereocenters. The summed E-state index contributed by atoms with van der Waals surface area (Å²) < 4.78 is 0. The minimum atomic E-state index is -0.545. The summed E-state index contributed by atoms with van der Waals surface area (Å²) in [5.41, 5.74) is 3.38. The van der Waals surface area contributed by atoms with Crippen molar-refractivity contribution in [3.63, 3.8) is 0 Å². The highest BCUT2D eigenvalue weighted by molar-refractivity contribution is 5.89. The van der Waals surface area contributed by atoms with Gasteiger partial charge in [-0.2, -0.15) is 0 Å². The highest BCUT2D eigenvalue weighted by atomic mass is 16.2. The first kappa shape index (κ1) is 24.8. The molecule has 186 valence electrons. The van der Waals surface area contributed by atoms with Crippen molar-refractivity contribution in [2.24, 2.45) is 5.92 Å². The smallest absolute Gasteiger partial charge is 0.243 e. The Morgan fingerprint density at radius 3 is 2.29 bits per heavy atom. The summed E-state index contributed by atoms with van der Waals surface area (Å²) in [6.07, 6.45) is 1.50. The van der Waals surface area contributed by atoms with Gasteiger partial charge in [-0.05, 0) is 29.7 Å². The number of hydrogen-bond donors (Lipinski definition) is 1. The number of hydrogen-bond acceptors (Lipinski definition) is 4. The first-order valence-electron chi connectivity index (χ1n) is 12.7. The molecule has 35 heavy (non-hydrogen) atoms. The standard InChI is InChI=1S/C28H36N4O3/c1-3-21(2)28(35)32-20-23-10-8-7-9-22(23)19-25(32)27(34)29-14-13-26(33)31-17-15-30(16-18-31)24-11-5-4-6-12-24/h4-12,21,25H,3,13-20H2,1-2H3,(H,29,34)/t21-,25-/m1/s1. The molecule has 0 spiro atoms. The molecule has 7 nitrogen and oxygen atoms in total. The fourth-order valence-electron chi connectivity index (χ4n) is 4.87. The second-order valence-electron chi connectivity index (χ2n) is 9.51. The van der Waals surface area contributed by atoms with Crippen LogP contribution in [0.15, 0.2) is 54.6 Å². The Balaban J connectivity index is 1.30. The van der Waals surface area contributed by atoms with Gasteiger partial charge in [0.25, 0.3) is 0 Å². The number of benzene rings is 2. The monoisotopic (exact) mass is 476 g/mol. The molecule has 4 rings (SSSR count). The zero-order valence-corrected chi connectivity index (χ0v) is 20.8. The summed E-state index contributed by atoms with van der Waals surface area (Å²) in [5, 5.41) is 2.94. The highest BCUT2D eigenvalue weighted by Crippen LogP contribution is 2.25. The average Bonchev–Trinajstić information content (AvgIpc) is 2.91. The Morgan fingerprint density at radius 1 is 0.943 bits per heavy atom. The van der Waals surface area contributed by atoms with E-state index in [9.17, 15) is 14.4 Å². The normalized spacial score (nSPS) is 18.6. The van der Waals surface area contributed by atoms with E-state index in [-0.39, 0.29) is 36.6 Å². The van der Waals surface area contributed by atoms with Crippen LogP contribution in [0.3, 0.4) is 0 Å². The molecule has 0 aliphatic carbocycles. The fraction of sp³-hybridized carbons (Fsp3) is 0.464. The lowest BCUT2D eigenvalue weighted by Gasteiger charge is -2.37. The van der Waals surface area contributed by atoms with Crippen molar-refractivity contribution < 1.29 is 14.4 Å². The maximum absolute atomic E-state index is 13.2. The quantitative estimate of drug-likeness (QED) is 0.667. The average molecular weight is 477 g/mol. The summed E-state index contributed by atoms with van der Waals surface area (Å²) in [6, 6.07) is 17.7. The summed E-state index contributed by atoms with van der Waals surface area (Å²) in [7, 11) is 0. The molecule has 7 heteroatoms. The molecule has 1 saturated heterocycles.